The molecule has 88 valence electrons. The molecule has 0 fully saturated rings. The summed E-state index contributed by atoms with van der Waals surface area (Å²) in [5.41, 5.74) is 7.05. The van der Waals surface area contributed by atoms with E-state index in [9.17, 15) is 0 Å². The van der Waals surface area contributed by atoms with Gasteiger partial charge < -0.3 is 16.3 Å². The molecule has 5 nitrogen and oxygen atoms in total. The number of oxime groups is 1. The van der Waals surface area contributed by atoms with Crippen molar-refractivity contribution in [3.63, 3.8) is 0 Å². The van der Waals surface area contributed by atoms with E-state index in [1.54, 1.807) is 12.3 Å². The molecule has 0 radical (unpaired) electrons. The third kappa shape index (κ3) is 3.86. The molecule has 1 aromatic heterocycles. The molecular weight excluding hydrogens is 204 g/mol. The molecule has 0 aromatic carbocycles. The largest absolute Gasteiger partial charge is 0.409 e. The first-order valence-electron chi connectivity index (χ1n) is 5.10. The summed E-state index contributed by atoms with van der Waals surface area (Å²) in [6.45, 7) is 7.01. The SMILES string of the molecule is CC(C)(C)NCc1ccnc(C(N)=NO)c1. The Bertz CT molecular complexity index is 382. The minimum Gasteiger partial charge on any atom is -0.409 e. The molecule has 1 aromatic rings. The molecule has 16 heavy (non-hydrogen) atoms. The van der Waals surface area contributed by atoms with Crippen molar-refractivity contribution in [2.45, 2.75) is 32.9 Å². The Morgan fingerprint density at radius 2 is 2.25 bits per heavy atom. The highest BCUT2D eigenvalue weighted by Gasteiger charge is 2.09. The third-order valence-corrected chi connectivity index (χ3v) is 2.02. The van der Waals surface area contributed by atoms with Gasteiger partial charge in [-0.1, -0.05) is 5.16 Å². The summed E-state index contributed by atoms with van der Waals surface area (Å²) < 4.78 is 0. The van der Waals surface area contributed by atoms with Gasteiger partial charge in [0.05, 0.1) is 0 Å². The molecule has 4 N–H and O–H groups in total. The van der Waals surface area contributed by atoms with Crippen LogP contribution in [0.2, 0.25) is 0 Å². The summed E-state index contributed by atoms with van der Waals surface area (Å²) in [5.74, 6) is 0.0256. The number of aromatic nitrogens is 1. The summed E-state index contributed by atoms with van der Waals surface area (Å²) in [6.07, 6.45) is 1.65. The maximum atomic E-state index is 8.55. The van der Waals surface area contributed by atoms with Crippen molar-refractivity contribution in [3.8, 4) is 0 Å². The Morgan fingerprint density at radius 3 is 2.81 bits per heavy atom. The zero-order chi connectivity index (χ0) is 12.2. The second kappa shape index (κ2) is 4.94. The number of nitrogens with zero attached hydrogens (tertiary/aromatic N) is 2. The van der Waals surface area contributed by atoms with Crippen molar-refractivity contribution in [3.05, 3.63) is 29.6 Å². The third-order valence-electron chi connectivity index (χ3n) is 2.02. The van der Waals surface area contributed by atoms with E-state index in [1.807, 2.05) is 6.07 Å². The van der Waals surface area contributed by atoms with Crippen LogP contribution in [0, 0.1) is 0 Å². The van der Waals surface area contributed by atoms with E-state index in [1.165, 1.54) is 0 Å². The average molecular weight is 222 g/mol. The van der Waals surface area contributed by atoms with Gasteiger partial charge in [0, 0.05) is 18.3 Å². The van der Waals surface area contributed by atoms with E-state index >= 15 is 0 Å². The number of hydrogen-bond acceptors (Lipinski definition) is 4. The standard InChI is InChI=1S/C11H18N4O/c1-11(2,3)14-7-8-4-5-13-9(6-8)10(12)15-16/h4-6,14,16H,7H2,1-3H3,(H2,12,15). The molecule has 0 saturated heterocycles. The molecule has 0 aliphatic heterocycles. The smallest absolute Gasteiger partial charge is 0.188 e. The summed E-state index contributed by atoms with van der Waals surface area (Å²) in [4.78, 5) is 4.01. The maximum Gasteiger partial charge on any atom is 0.188 e. The molecular formula is C11H18N4O. The van der Waals surface area contributed by atoms with Crippen LogP contribution in [0.25, 0.3) is 0 Å². The first kappa shape index (κ1) is 12.4. The zero-order valence-electron chi connectivity index (χ0n) is 9.86. The molecule has 0 spiro atoms. The van der Waals surface area contributed by atoms with Gasteiger partial charge in [-0.3, -0.25) is 4.98 Å². The van der Waals surface area contributed by atoms with Gasteiger partial charge in [0.15, 0.2) is 5.84 Å². The maximum absolute atomic E-state index is 8.55. The fourth-order valence-electron chi connectivity index (χ4n) is 1.14. The molecule has 0 bridgehead atoms. The predicted molar refractivity (Wildman–Crippen MR) is 63.3 cm³/mol. The molecule has 0 unspecified atom stereocenters. The van der Waals surface area contributed by atoms with Gasteiger partial charge >= 0.3 is 0 Å². The second-order valence-corrected chi connectivity index (χ2v) is 4.64. The Hall–Kier alpha value is -1.62. The number of pyridine rings is 1. The van der Waals surface area contributed by atoms with Gasteiger partial charge in [-0.15, -0.1) is 0 Å². The van der Waals surface area contributed by atoms with Gasteiger partial charge in [0.25, 0.3) is 0 Å². The van der Waals surface area contributed by atoms with Gasteiger partial charge in [-0.05, 0) is 38.5 Å². The van der Waals surface area contributed by atoms with E-state index in [0.29, 0.717) is 5.69 Å². The fraction of sp³-hybridized carbons (Fsp3) is 0.455. The van der Waals surface area contributed by atoms with Gasteiger partial charge in [0.2, 0.25) is 0 Å². The number of nitrogens with two attached hydrogens (primary N) is 1. The molecule has 0 atom stereocenters. The number of rotatable bonds is 3. The van der Waals surface area contributed by atoms with Crippen LogP contribution in [0.15, 0.2) is 23.5 Å². The number of nitrogens with one attached hydrogen (secondary N) is 1. The first-order chi connectivity index (χ1) is 7.42. The lowest BCUT2D eigenvalue weighted by Gasteiger charge is -2.20. The Labute approximate surface area is 95.4 Å². The molecule has 1 rings (SSSR count). The van der Waals surface area contributed by atoms with Crippen LogP contribution in [-0.2, 0) is 6.54 Å². The molecule has 5 heteroatoms. The summed E-state index contributed by atoms with van der Waals surface area (Å²) in [6, 6.07) is 3.70. The summed E-state index contributed by atoms with van der Waals surface area (Å²) in [7, 11) is 0. The van der Waals surface area contributed by atoms with Crippen molar-refractivity contribution in [1.82, 2.24) is 10.3 Å². The molecule has 0 saturated carbocycles. The summed E-state index contributed by atoms with van der Waals surface area (Å²) >= 11 is 0. The fourth-order valence-corrected chi connectivity index (χ4v) is 1.14. The quantitative estimate of drug-likeness (QED) is 0.309. The lowest BCUT2D eigenvalue weighted by atomic mass is 10.1. The van der Waals surface area contributed by atoms with Crippen LogP contribution >= 0.6 is 0 Å². The van der Waals surface area contributed by atoms with Crippen LogP contribution in [0.3, 0.4) is 0 Å². The highest BCUT2D eigenvalue weighted by atomic mass is 16.4. The molecule has 1 heterocycles. The second-order valence-electron chi connectivity index (χ2n) is 4.64. The summed E-state index contributed by atoms with van der Waals surface area (Å²) in [5, 5.41) is 14.8. The van der Waals surface area contributed by atoms with E-state index in [4.69, 9.17) is 10.9 Å². The minimum absolute atomic E-state index is 0.0256. The van der Waals surface area contributed by atoms with Gasteiger partial charge in [-0.2, -0.15) is 0 Å². The Balaban J connectivity index is 2.76. The van der Waals surface area contributed by atoms with Crippen LogP contribution in [0.1, 0.15) is 32.0 Å². The average Bonchev–Trinajstić information content (AvgIpc) is 2.25. The van der Waals surface area contributed by atoms with Crippen molar-refractivity contribution < 1.29 is 5.21 Å². The van der Waals surface area contributed by atoms with E-state index in [-0.39, 0.29) is 11.4 Å². The number of hydrogen-bond donors (Lipinski definition) is 3. The van der Waals surface area contributed by atoms with E-state index in [0.717, 1.165) is 12.1 Å². The topological polar surface area (TPSA) is 83.5 Å². The van der Waals surface area contributed by atoms with Gasteiger partial charge in [-0.25, -0.2) is 0 Å². The van der Waals surface area contributed by atoms with Crippen molar-refractivity contribution >= 4 is 5.84 Å². The van der Waals surface area contributed by atoms with Crippen LogP contribution < -0.4 is 11.1 Å². The highest BCUT2D eigenvalue weighted by Crippen LogP contribution is 2.05. The van der Waals surface area contributed by atoms with Gasteiger partial charge in [0.1, 0.15) is 5.69 Å². The predicted octanol–water partition coefficient (Wildman–Crippen LogP) is 1.06. The van der Waals surface area contributed by atoms with Crippen molar-refractivity contribution in [2.24, 2.45) is 10.9 Å². The van der Waals surface area contributed by atoms with E-state index < -0.39 is 0 Å². The zero-order valence-corrected chi connectivity index (χ0v) is 9.86. The lowest BCUT2D eigenvalue weighted by Crippen LogP contribution is -2.35. The van der Waals surface area contributed by atoms with Crippen molar-refractivity contribution in [2.75, 3.05) is 0 Å². The van der Waals surface area contributed by atoms with Crippen LogP contribution in [-0.4, -0.2) is 21.6 Å². The highest BCUT2D eigenvalue weighted by molar-refractivity contribution is 5.95. The minimum atomic E-state index is 0.0256. The van der Waals surface area contributed by atoms with Crippen LogP contribution in [0.5, 0.6) is 0 Å². The Kier molecular flexibility index (Phi) is 3.84. The first-order valence-corrected chi connectivity index (χ1v) is 5.10. The molecule has 0 aliphatic carbocycles. The number of amidine groups is 1. The molecule has 0 aliphatic rings. The van der Waals surface area contributed by atoms with E-state index in [2.05, 4.69) is 36.2 Å². The van der Waals surface area contributed by atoms with Crippen LogP contribution in [0.4, 0.5) is 0 Å². The Morgan fingerprint density at radius 1 is 1.56 bits per heavy atom. The van der Waals surface area contributed by atoms with Crippen molar-refractivity contribution in [1.29, 1.82) is 0 Å². The normalized spacial score (nSPS) is 12.8. The molecule has 0 amide bonds. The lowest BCUT2D eigenvalue weighted by molar-refractivity contribution is 0.318. The monoisotopic (exact) mass is 222 g/mol.